The second kappa shape index (κ2) is 12.4. The summed E-state index contributed by atoms with van der Waals surface area (Å²) in [6.07, 6.45) is 0. The van der Waals surface area contributed by atoms with Crippen LogP contribution in [0.15, 0.2) is 200 Å². The van der Waals surface area contributed by atoms with Gasteiger partial charge in [0.05, 0.1) is 11.6 Å². The number of rotatable bonds is 3. The van der Waals surface area contributed by atoms with Crippen molar-refractivity contribution in [1.29, 1.82) is 5.26 Å². The van der Waals surface area contributed by atoms with E-state index in [1.807, 2.05) is 12.1 Å². The molecule has 282 valence electrons. The van der Waals surface area contributed by atoms with Crippen molar-refractivity contribution in [2.45, 2.75) is 0 Å². The molecule has 14 aromatic rings. The monoisotopic (exact) mass is 779 g/mol. The van der Waals surface area contributed by atoms with Crippen LogP contribution in [0, 0.1) is 11.3 Å². The SMILES string of the molecule is N#Cc1ccc2cc(-c3ccc4c(ccc5cc6c7c(-c8ccccc8)c8c(cc9c%10ccccc%10c%10cccc8c%109)c(-c8ccccc8)c7c7cccc(c54)c76)c3)ccc2c1. The van der Waals surface area contributed by atoms with Crippen molar-refractivity contribution in [3.8, 4) is 39.4 Å². The number of hydrogen-bond acceptors (Lipinski definition) is 1. The molecule has 0 radical (unpaired) electrons. The lowest BCUT2D eigenvalue weighted by Gasteiger charge is -2.19. The summed E-state index contributed by atoms with van der Waals surface area (Å²) in [6.45, 7) is 0. The normalized spacial score (nSPS) is 12.2. The summed E-state index contributed by atoms with van der Waals surface area (Å²) < 4.78 is 0. The Balaban J connectivity index is 1.14. The fraction of sp³-hybridized carbons (Fsp3) is 0. The largest absolute Gasteiger partial charge is 0.192 e. The van der Waals surface area contributed by atoms with E-state index in [0.717, 1.165) is 10.8 Å². The molecule has 0 fully saturated rings. The molecule has 0 N–H and O–H groups in total. The zero-order valence-electron chi connectivity index (χ0n) is 33.5. The number of nitriles is 1. The second-order valence-electron chi connectivity index (χ2n) is 17.0. The van der Waals surface area contributed by atoms with Crippen molar-refractivity contribution in [3.63, 3.8) is 0 Å². The standard InChI is InChI=1S/C61H33N/c62-34-35-21-22-39-30-40(24-23-38(39)29-35)41-27-28-44-42(31-41)25-26-43-32-52-58-48(54(43)44)18-10-20-50(58)60-55(36-11-3-1-4-12-36)53-33-51-46-16-8-7-15-45(46)47-17-9-19-49(57(47)51)59(53)56(61(52)60)37-13-5-2-6-14-37/h1-33H. The number of nitrogens with zero attached hydrogens (tertiary/aromatic N) is 1. The summed E-state index contributed by atoms with van der Waals surface area (Å²) in [5, 5.41) is 35.0. The van der Waals surface area contributed by atoms with Crippen LogP contribution in [0.5, 0.6) is 0 Å². The van der Waals surface area contributed by atoms with Crippen LogP contribution in [0.2, 0.25) is 0 Å². The van der Waals surface area contributed by atoms with Crippen molar-refractivity contribution in [2.24, 2.45) is 0 Å². The van der Waals surface area contributed by atoms with Gasteiger partial charge in [0.15, 0.2) is 0 Å². The Morgan fingerprint density at radius 3 is 1.53 bits per heavy atom. The zero-order valence-corrected chi connectivity index (χ0v) is 33.5. The topological polar surface area (TPSA) is 23.8 Å². The van der Waals surface area contributed by atoms with Crippen LogP contribution in [-0.4, -0.2) is 0 Å². The number of benzene rings is 12. The highest BCUT2D eigenvalue weighted by atomic mass is 14.3. The predicted molar refractivity (Wildman–Crippen MR) is 265 cm³/mol. The van der Waals surface area contributed by atoms with E-state index in [2.05, 4.69) is 194 Å². The number of fused-ring (bicyclic) bond motifs is 13. The van der Waals surface area contributed by atoms with Crippen LogP contribution in [-0.2, 0) is 0 Å². The van der Waals surface area contributed by atoms with Crippen LogP contribution in [0.1, 0.15) is 5.56 Å². The van der Waals surface area contributed by atoms with Crippen molar-refractivity contribution in [3.05, 3.63) is 206 Å². The van der Waals surface area contributed by atoms with Gasteiger partial charge < -0.3 is 0 Å². The van der Waals surface area contributed by atoms with Gasteiger partial charge in [0, 0.05) is 0 Å². The first-order valence-corrected chi connectivity index (χ1v) is 21.4. The Hall–Kier alpha value is -8.31. The Kier molecular flexibility index (Phi) is 6.69. The first-order chi connectivity index (χ1) is 30.7. The maximum absolute atomic E-state index is 9.44. The average Bonchev–Trinajstić information content (AvgIpc) is 3.84. The molecule has 0 atom stereocenters. The van der Waals surface area contributed by atoms with Gasteiger partial charge in [0.1, 0.15) is 0 Å². The quantitative estimate of drug-likeness (QED) is 0.164. The third-order valence-electron chi connectivity index (χ3n) is 13.9. The molecule has 62 heavy (non-hydrogen) atoms. The lowest BCUT2D eigenvalue weighted by Crippen LogP contribution is -1.91. The molecule has 0 heterocycles. The number of hydrogen-bond donors (Lipinski definition) is 0. The molecule has 1 nitrogen and oxygen atoms in total. The third-order valence-corrected chi connectivity index (χ3v) is 13.9. The molecule has 0 saturated carbocycles. The van der Waals surface area contributed by atoms with Crippen LogP contribution in [0.4, 0.5) is 0 Å². The summed E-state index contributed by atoms with van der Waals surface area (Å²) in [5.41, 5.74) is 8.09. The molecule has 14 rings (SSSR count). The predicted octanol–water partition coefficient (Wildman–Crippen LogP) is 17.0. The molecule has 1 heteroatoms. The molecule has 0 unspecified atom stereocenters. The first kappa shape index (κ1) is 33.5. The van der Waals surface area contributed by atoms with Gasteiger partial charge in [0.2, 0.25) is 0 Å². The smallest absolute Gasteiger partial charge is 0.0991 e. The van der Waals surface area contributed by atoms with Crippen molar-refractivity contribution >= 4 is 108 Å². The van der Waals surface area contributed by atoms with Crippen molar-refractivity contribution in [2.75, 3.05) is 0 Å². The lowest BCUT2D eigenvalue weighted by molar-refractivity contribution is 1.50. The van der Waals surface area contributed by atoms with E-state index in [4.69, 9.17) is 0 Å². The van der Waals surface area contributed by atoms with E-state index < -0.39 is 0 Å². The molecule has 0 spiro atoms. The second-order valence-corrected chi connectivity index (χ2v) is 17.0. The van der Waals surface area contributed by atoms with Gasteiger partial charge >= 0.3 is 0 Å². The zero-order chi connectivity index (χ0) is 40.6. The van der Waals surface area contributed by atoms with Crippen molar-refractivity contribution < 1.29 is 0 Å². The average molecular weight is 780 g/mol. The molecule has 0 aliphatic carbocycles. The minimum atomic E-state index is 0.682. The molecule has 0 aromatic heterocycles. The molecule has 0 amide bonds. The van der Waals surface area contributed by atoms with Crippen LogP contribution in [0.3, 0.4) is 0 Å². The molecule has 14 aromatic carbocycles. The van der Waals surface area contributed by atoms with E-state index in [1.165, 1.54) is 130 Å². The van der Waals surface area contributed by atoms with Gasteiger partial charge in [-0.15, -0.1) is 0 Å². The van der Waals surface area contributed by atoms with Crippen molar-refractivity contribution in [1.82, 2.24) is 0 Å². The maximum Gasteiger partial charge on any atom is 0.0991 e. The van der Waals surface area contributed by atoms with Crippen LogP contribution >= 0.6 is 0 Å². The molecular weight excluding hydrogens is 747 g/mol. The minimum Gasteiger partial charge on any atom is -0.192 e. The summed E-state index contributed by atoms with van der Waals surface area (Å²) in [7, 11) is 0. The van der Waals surface area contributed by atoms with Crippen LogP contribution in [0.25, 0.3) is 141 Å². The van der Waals surface area contributed by atoms with Gasteiger partial charge in [0.25, 0.3) is 0 Å². The molecule has 0 aliphatic rings. The van der Waals surface area contributed by atoms with Crippen LogP contribution < -0.4 is 0 Å². The summed E-state index contributed by atoms with van der Waals surface area (Å²) in [4.78, 5) is 0. The van der Waals surface area contributed by atoms with Gasteiger partial charge in [-0.2, -0.15) is 5.26 Å². The minimum absolute atomic E-state index is 0.682. The highest BCUT2D eigenvalue weighted by Crippen LogP contribution is 2.55. The highest BCUT2D eigenvalue weighted by molar-refractivity contribution is 6.46. The first-order valence-electron chi connectivity index (χ1n) is 21.4. The lowest BCUT2D eigenvalue weighted by atomic mass is 9.84. The molecule has 0 aliphatic heterocycles. The van der Waals surface area contributed by atoms with E-state index >= 15 is 0 Å². The molecular formula is C61H33N. The Bertz CT molecular complexity index is 4250. The summed E-state index contributed by atoms with van der Waals surface area (Å²) in [5.74, 6) is 0. The molecule has 0 bridgehead atoms. The third kappa shape index (κ3) is 4.45. The van der Waals surface area contributed by atoms with E-state index in [0.29, 0.717) is 5.56 Å². The van der Waals surface area contributed by atoms with Gasteiger partial charge in [-0.3, -0.25) is 0 Å². The molecule has 0 saturated heterocycles. The Morgan fingerprint density at radius 2 is 0.774 bits per heavy atom. The van der Waals surface area contributed by atoms with Gasteiger partial charge in [-0.1, -0.05) is 164 Å². The fourth-order valence-corrected chi connectivity index (χ4v) is 11.3. The van der Waals surface area contributed by atoms with E-state index in [1.54, 1.807) is 0 Å². The van der Waals surface area contributed by atoms with Gasteiger partial charge in [-0.25, -0.2) is 0 Å². The fourth-order valence-electron chi connectivity index (χ4n) is 11.3. The summed E-state index contributed by atoms with van der Waals surface area (Å²) in [6, 6.07) is 76.4. The summed E-state index contributed by atoms with van der Waals surface area (Å²) >= 11 is 0. The van der Waals surface area contributed by atoms with E-state index in [-0.39, 0.29) is 0 Å². The van der Waals surface area contributed by atoms with Gasteiger partial charge in [-0.05, 0) is 178 Å². The Labute approximate surface area is 356 Å². The highest BCUT2D eigenvalue weighted by Gasteiger charge is 2.27. The Morgan fingerprint density at radius 1 is 0.242 bits per heavy atom. The maximum atomic E-state index is 9.44. The van der Waals surface area contributed by atoms with E-state index in [9.17, 15) is 5.26 Å².